The van der Waals surface area contributed by atoms with E-state index >= 15 is 0 Å². The fraction of sp³-hybridized carbons (Fsp3) is 0.150. The fourth-order valence-electron chi connectivity index (χ4n) is 2.94. The van der Waals surface area contributed by atoms with Gasteiger partial charge in [-0.25, -0.2) is 4.39 Å². The van der Waals surface area contributed by atoms with Crippen molar-refractivity contribution in [1.29, 1.82) is 0 Å². The number of nitrogens with one attached hydrogen (secondary N) is 3. The predicted octanol–water partition coefficient (Wildman–Crippen LogP) is 2.27. The molecule has 2 heterocycles. The maximum Gasteiger partial charge on any atom is 0.272 e. The van der Waals surface area contributed by atoms with Gasteiger partial charge in [0.2, 0.25) is 0 Å². The van der Waals surface area contributed by atoms with E-state index in [4.69, 9.17) is 4.74 Å². The zero-order chi connectivity index (χ0) is 19.5. The van der Waals surface area contributed by atoms with Gasteiger partial charge in [0.15, 0.2) is 0 Å². The quantitative estimate of drug-likeness (QED) is 0.647. The normalized spacial score (nSPS) is 15.8. The lowest BCUT2D eigenvalue weighted by Gasteiger charge is -2.13. The SMILES string of the molecule is O=C(NC1COc2ccccc2NC1=O)c1cc(Cc2cccc(F)c2)[nH]n1. The van der Waals surface area contributed by atoms with Crippen molar-refractivity contribution < 1.29 is 18.7 Å². The van der Waals surface area contributed by atoms with E-state index < -0.39 is 11.9 Å². The summed E-state index contributed by atoms with van der Waals surface area (Å²) in [7, 11) is 0. The van der Waals surface area contributed by atoms with E-state index in [9.17, 15) is 14.0 Å². The van der Waals surface area contributed by atoms with E-state index in [1.165, 1.54) is 12.1 Å². The van der Waals surface area contributed by atoms with Gasteiger partial charge in [0.1, 0.15) is 29.9 Å². The first-order valence-electron chi connectivity index (χ1n) is 8.71. The van der Waals surface area contributed by atoms with Crippen LogP contribution in [-0.4, -0.2) is 34.7 Å². The monoisotopic (exact) mass is 380 g/mol. The number of H-pyrrole nitrogens is 1. The second-order valence-corrected chi connectivity index (χ2v) is 6.41. The fourth-order valence-corrected chi connectivity index (χ4v) is 2.94. The highest BCUT2D eigenvalue weighted by Gasteiger charge is 2.27. The first-order chi connectivity index (χ1) is 13.6. The molecule has 2 aromatic carbocycles. The Morgan fingerprint density at radius 2 is 2.07 bits per heavy atom. The number of carbonyl (C=O) groups is 2. The van der Waals surface area contributed by atoms with E-state index in [0.717, 1.165) is 5.56 Å². The number of hydrogen-bond acceptors (Lipinski definition) is 4. The third-order valence-electron chi connectivity index (χ3n) is 4.32. The summed E-state index contributed by atoms with van der Waals surface area (Å²) in [4.78, 5) is 24.8. The Bertz CT molecular complexity index is 1030. The molecule has 8 heteroatoms. The molecule has 1 aliphatic rings. The van der Waals surface area contributed by atoms with Crippen LogP contribution in [-0.2, 0) is 11.2 Å². The molecule has 0 spiro atoms. The summed E-state index contributed by atoms with van der Waals surface area (Å²) >= 11 is 0. The summed E-state index contributed by atoms with van der Waals surface area (Å²) in [6.07, 6.45) is 0.403. The molecule has 0 radical (unpaired) electrons. The van der Waals surface area contributed by atoms with Crippen LogP contribution >= 0.6 is 0 Å². The van der Waals surface area contributed by atoms with Gasteiger partial charge in [0.25, 0.3) is 11.8 Å². The van der Waals surface area contributed by atoms with Gasteiger partial charge in [-0.05, 0) is 35.9 Å². The first-order valence-corrected chi connectivity index (χ1v) is 8.71. The van der Waals surface area contributed by atoms with E-state index in [1.807, 2.05) is 0 Å². The summed E-state index contributed by atoms with van der Waals surface area (Å²) in [5, 5.41) is 12.1. The number of carbonyl (C=O) groups excluding carboxylic acids is 2. The van der Waals surface area contributed by atoms with Crippen LogP contribution in [0.5, 0.6) is 5.75 Å². The molecule has 7 nitrogen and oxygen atoms in total. The second kappa shape index (κ2) is 7.51. The summed E-state index contributed by atoms with van der Waals surface area (Å²) < 4.78 is 18.9. The van der Waals surface area contributed by atoms with Crippen molar-refractivity contribution in [2.45, 2.75) is 12.5 Å². The zero-order valence-electron chi connectivity index (χ0n) is 14.7. The van der Waals surface area contributed by atoms with Gasteiger partial charge in [0.05, 0.1) is 5.69 Å². The number of para-hydroxylation sites is 2. The molecule has 0 saturated heterocycles. The summed E-state index contributed by atoms with van der Waals surface area (Å²) in [5.74, 6) is -0.648. The lowest BCUT2D eigenvalue weighted by Crippen LogP contribution is -2.46. The summed E-state index contributed by atoms with van der Waals surface area (Å²) in [5.41, 5.74) is 2.11. The van der Waals surface area contributed by atoms with Crippen LogP contribution in [0.4, 0.5) is 10.1 Å². The number of halogens is 1. The van der Waals surface area contributed by atoms with Crippen molar-refractivity contribution >= 4 is 17.5 Å². The number of ether oxygens (including phenoxy) is 1. The van der Waals surface area contributed by atoms with Crippen LogP contribution in [0.15, 0.2) is 54.6 Å². The van der Waals surface area contributed by atoms with Crippen molar-refractivity contribution in [3.8, 4) is 5.75 Å². The molecule has 1 aliphatic heterocycles. The average molecular weight is 380 g/mol. The smallest absolute Gasteiger partial charge is 0.272 e. The Morgan fingerprint density at radius 1 is 1.21 bits per heavy atom. The van der Waals surface area contributed by atoms with Crippen LogP contribution in [0.1, 0.15) is 21.7 Å². The number of fused-ring (bicyclic) bond motifs is 1. The van der Waals surface area contributed by atoms with Gasteiger partial charge < -0.3 is 15.4 Å². The number of nitrogens with zero attached hydrogens (tertiary/aromatic N) is 1. The molecule has 0 fully saturated rings. The highest BCUT2D eigenvalue weighted by molar-refractivity contribution is 6.01. The van der Waals surface area contributed by atoms with Crippen molar-refractivity contribution in [1.82, 2.24) is 15.5 Å². The van der Waals surface area contributed by atoms with Gasteiger partial charge in [-0.15, -0.1) is 0 Å². The Labute approximate surface area is 159 Å². The largest absolute Gasteiger partial charge is 0.489 e. The van der Waals surface area contributed by atoms with E-state index in [2.05, 4.69) is 20.8 Å². The first kappa shape index (κ1) is 17.7. The van der Waals surface area contributed by atoms with Crippen LogP contribution in [0, 0.1) is 5.82 Å². The molecular formula is C20H17FN4O3. The van der Waals surface area contributed by atoms with Crippen molar-refractivity contribution in [3.05, 3.63) is 77.4 Å². The van der Waals surface area contributed by atoms with Crippen molar-refractivity contribution in [2.24, 2.45) is 0 Å². The molecule has 0 saturated carbocycles. The maximum absolute atomic E-state index is 13.3. The number of benzene rings is 2. The third kappa shape index (κ3) is 3.85. The zero-order valence-corrected chi connectivity index (χ0v) is 14.7. The predicted molar refractivity (Wildman–Crippen MR) is 99.6 cm³/mol. The molecule has 1 unspecified atom stereocenters. The van der Waals surface area contributed by atoms with Crippen LogP contribution in [0.2, 0.25) is 0 Å². The number of rotatable bonds is 4. The van der Waals surface area contributed by atoms with Gasteiger partial charge in [-0.1, -0.05) is 24.3 Å². The number of amides is 2. The highest BCUT2D eigenvalue weighted by Crippen LogP contribution is 2.26. The minimum atomic E-state index is -0.858. The molecule has 2 amide bonds. The van der Waals surface area contributed by atoms with Gasteiger partial charge in [-0.3, -0.25) is 14.7 Å². The van der Waals surface area contributed by atoms with Crippen LogP contribution < -0.4 is 15.4 Å². The Balaban J connectivity index is 1.41. The molecule has 142 valence electrons. The number of aromatic amines is 1. The molecule has 0 bridgehead atoms. The number of anilines is 1. The summed E-state index contributed by atoms with van der Waals surface area (Å²) in [6.45, 7) is 0.00909. The number of hydrogen-bond donors (Lipinski definition) is 3. The average Bonchev–Trinajstić information content (AvgIpc) is 3.08. The maximum atomic E-state index is 13.3. The lowest BCUT2D eigenvalue weighted by atomic mass is 10.1. The van der Waals surface area contributed by atoms with Gasteiger partial charge in [0, 0.05) is 12.1 Å². The molecule has 3 N–H and O–H groups in total. The molecule has 0 aliphatic carbocycles. The second-order valence-electron chi connectivity index (χ2n) is 6.41. The van der Waals surface area contributed by atoms with E-state index in [1.54, 1.807) is 42.5 Å². The highest BCUT2D eigenvalue weighted by atomic mass is 19.1. The molecule has 3 aromatic rings. The third-order valence-corrected chi connectivity index (χ3v) is 4.32. The molecular weight excluding hydrogens is 363 g/mol. The van der Waals surface area contributed by atoms with E-state index in [0.29, 0.717) is 23.6 Å². The lowest BCUT2D eigenvalue weighted by molar-refractivity contribution is -0.118. The number of aromatic nitrogens is 2. The standard InChI is InChI=1S/C20H17FN4O3/c21-13-5-3-4-12(8-13)9-14-10-16(25-24-14)19(26)23-17-11-28-18-7-2-1-6-15(18)22-20(17)27/h1-8,10,17H,9,11H2,(H,22,27)(H,23,26)(H,24,25). The van der Waals surface area contributed by atoms with Gasteiger partial charge >= 0.3 is 0 Å². The van der Waals surface area contributed by atoms with Crippen molar-refractivity contribution in [3.63, 3.8) is 0 Å². The Kier molecular flexibility index (Phi) is 4.76. The van der Waals surface area contributed by atoms with Gasteiger partial charge in [-0.2, -0.15) is 5.10 Å². The molecule has 28 heavy (non-hydrogen) atoms. The van der Waals surface area contributed by atoms with Crippen molar-refractivity contribution in [2.75, 3.05) is 11.9 Å². The van der Waals surface area contributed by atoms with Crippen LogP contribution in [0.25, 0.3) is 0 Å². The van der Waals surface area contributed by atoms with Crippen LogP contribution in [0.3, 0.4) is 0 Å². The topological polar surface area (TPSA) is 96.1 Å². The Hall–Kier alpha value is -3.68. The molecule has 4 rings (SSSR count). The molecule has 1 aromatic heterocycles. The minimum absolute atomic E-state index is 0.00909. The van der Waals surface area contributed by atoms with E-state index in [-0.39, 0.29) is 24.0 Å². The summed E-state index contributed by atoms with van der Waals surface area (Å²) in [6, 6.07) is 14.0. The Morgan fingerprint density at radius 3 is 2.93 bits per heavy atom. The molecule has 1 atom stereocenters. The minimum Gasteiger partial charge on any atom is -0.489 e.